The number of aliphatic carboxylic acids is 2. The van der Waals surface area contributed by atoms with Crippen LogP contribution < -0.4 is 16.5 Å². The van der Waals surface area contributed by atoms with Crippen LogP contribution in [0.2, 0.25) is 0 Å². The van der Waals surface area contributed by atoms with Crippen LogP contribution in [0, 0.1) is 6.92 Å². The maximum atomic E-state index is 13.3. The highest BCUT2D eigenvalue weighted by molar-refractivity contribution is 8.06. The quantitative estimate of drug-likeness (QED) is 0.0497. The fourth-order valence-corrected chi connectivity index (χ4v) is 8.58. The number of anilines is 1. The number of nitrogens with two attached hydrogens (primary N) is 1. The molecule has 7 N–H and O–H groups in total. The topological polar surface area (TPSA) is 260 Å². The van der Waals surface area contributed by atoms with Crippen molar-refractivity contribution < 1.29 is 44.5 Å². The first-order valence-corrected chi connectivity index (χ1v) is 16.6. The van der Waals surface area contributed by atoms with Crippen LogP contribution in [0.25, 0.3) is 0 Å². The van der Waals surface area contributed by atoms with E-state index in [1.54, 1.807) is 6.92 Å². The van der Waals surface area contributed by atoms with Crippen molar-refractivity contribution in [2.45, 2.75) is 36.4 Å². The van der Waals surface area contributed by atoms with Crippen LogP contribution in [-0.2, 0) is 37.0 Å². The van der Waals surface area contributed by atoms with Crippen LogP contribution in [0.4, 0.5) is 5.13 Å². The molecule has 0 aromatic carbocycles. The summed E-state index contributed by atoms with van der Waals surface area (Å²) in [5.74, 6) is -4.08. The summed E-state index contributed by atoms with van der Waals surface area (Å²) >= 11 is 4.68. The molecule has 0 aliphatic carbocycles. The minimum absolute atomic E-state index is 0.0168. The van der Waals surface area contributed by atoms with Gasteiger partial charge in [0.15, 0.2) is 27.5 Å². The Morgan fingerprint density at radius 2 is 2.02 bits per heavy atom. The molecule has 2 aliphatic rings. The highest BCUT2D eigenvalue weighted by Crippen LogP contribution is 2.41. The fraction of sp³-hybridized carbons (Fsp3) is 0.280. The Bertz CT molecular complexity index is 1870. The molecule has 3 aromatic rings. The summed E-state index contributed by atoms with van der Waals surface area (Å²) in [5.41, 5.74) is 4.85. The zero-order valence-electron chi connectivity index (χ0n) is 23.4. The number of hydrogen-bond acceptors (Lipinski definition) is 16. The SMILES string of the molecule is Cc1nc(SCC2=C(C(=O)O)N3C(=O)[C@@H](NC(=O)/C(=N\OCc4cc(=O)c(O)cn4O)c4csc(N)n4)[C@H]3CS2)sc1CC(=O)O. The average Bonchev–Trinajstić information content (AvgIpc) is 3.58. The Balaban J connectivity index is 1.29. The van der Waals surface area contributed by atoms with E-state index in [4.69, 9.17) is 15.7 Å². The normalized spacial score (nSPS) is 17.8. The lowest BCUT2D eigenvalue weighted by molar-refractivity contribution is -0.153. The second-order valence-corrected chi connectivity index (χ2v) is 13.9. The van der Waals surface area contributed by atoms with Crippen molar-refractivity contribution in [2.24, 2.45) is 5.16 Å². The number of nitrogens with zero attached hydrogens (tertiary/aromatic N) is 5. The summed E-state index contributed by atoms with van der Waals surface area (Å²) in [6.07, 6.45) is 0.592. The molecule has 0 bridgehead atoms. The van der Waals surface area contributed by atoms with Crippen LogP contribution in [0.3, 0.4) is 0 Å². The van der Waals surface area contributed by atoms with Crippen molar-refractivity contribution in [1.82, 2.24) is 24.9 Å². The molecule has 0 unspecified atom stereocenters. The third kappa shape index (κ3) is 6.80. The number of nitrogen functional groups attached to an aromatic ring is 1. The van der Waals surface area contributed by atoms with E-state index in [1.807, 2.05) is 0 Å². The number of carboxylic acids is 2. The number of hydrogen-bond donors (Lipinski definition) is 6. The van der Waals surface area contributed by atoms with Gasteiger partial charge in [0, 0.05) is 32.7 Å². The summed E-state index contributed by atoms with van der Waals surface area (Å²) in [4.78, 5) is 77.3. The molecule has 2 amide bonds. The van der Waals surface area contributed by atoms with Crippen LogP contribution in [0.1, 0.15) is 22.0 Å². The van der Waals surface area contributed by atoms with Crippen molar-refractivity contribution >= 4 is 80.8 Å². The molecule has 46 heavy (non-hydrogen) atoms. The second kappa shape index (κ2) is 13.4. The highest BCUT2D eigenvalue weighted by atomic mass is 32.2. The van der Waals surface area contributed by atoms with E-state index >= 15 is 0 Å². The molecule has 1 saturated heterocycles. The predicted molar refractivity (Wildman–Crippen MR) is 166 cm³/mol. The number of carboxylic acid groups (broad SMARTS) is 2. The minimum Gasteiger partial charge on any atom is -0.503 e. The number of thioether (sulfide) groups is 2. The van der Waals surface area contributed by atoms with Gasteiger partial charge < -0.3 is 36.4 Å². The smallest absolute Gasteiger partial charge is 0.353 e. The predicted octanol–water partition coefficient (Wildman–Crippen LogP) is 0.674. The van der Waals surface area contributed by atoms with E-state index in [-0.39, 0.29) is 45.9 Å². The van der Waals surface area contributed by atoms with E-state index in [9.17, 15) is 39.4 Å². The van der Waals surface area contributed by atoms with Gasteiger partial charge in [-0.05, 0) is 6.92 Å². The molecule has 5 heterocycles. The van der Waals surface area contributed by atoms with Crippen molar-refractivity contribution in [3.05, 3.63) is 60.4 Å². The van der Waals surface area contributed by atoms with Crippen molar-refractivity contribution in [2.75, 3.05) is 17.2 Å². The molecule has 242 valence electrons. The monoisotopic (exact) mass is 709 g/mol. The number of aryl methyl sites for hydroxylation is 1. The largest absolute Gasteiger partial charge is 0.503 e. The van der Waals surface area contributed by atoms with E-state index in [2.05, 4.69) is 20.4 Å². The number of aromatic hydroxyl groups is 1. The van der Waals surface area contributed by atoms with E-state index in [0.717, 1.165) is 28.5 Å². The number of oxime groups is 1. The average molecular weight is 710 g/mol. The molecule has 0 saturated carbocycles. The Hall–Kier alpha value is -4.60. The van der Waals surface area contributed by atoms with Gasteiger partial charge in [-0.25, -0.2) is 14.8 Å². The van der Waals surface area contributed by atoms with Crippen LogP contribution in [0.15, 0.2) is 42.5 Å². The van der Waals surface area contributed by atoms with E-state index < -0.39 is 53.6 Å². The van der Waals surface area contributed by atoms with Gasteiger partial charge >= 0.3 is 11.9 Å². The van der Waals surface area contributed by atoms with Gasteiger partial charge in [0.05, 0.1) is 24.4 Å². The number of nitrogens with one attached hydrogen (secondary N) is 1. The van der Waals surface area contributed by atoms with Crippen molar-refractivity contribution in [3.8, 4) is 5.75 Å². The van der Waals surface area contributed by atoms with Gasteiger partial charge in [0.2, 0.25) is 5.43 Å². The molecule has 17 nitrogen and oxygen atoms in total. The van der Waals surface area contributed by atoms with Crippen LogP contribution >= 0.6 is 46.2 Å². The molecule has 1 fully saturated rings. The lowest BCUT2D eigenvalue weighted by Crippen LogP contribution is -2.73. The number of thiazole rings is 2. The van der Waals surface area contributed by atoms with Gasteiger partial charge in [0.1, 0.15) is 23.1 Å². The lowest BCUT2D eigenvalue weighted by atomic mass is 9.94. The van der Waals surface area contributed by atoms with Gasteiger partial charge in [-0.1, -0.05) is 16.9 Å². The molecule has 2 aliphatic heterocycles. The first kappa shape index (κ1) is 32.8. The third-order valence-electron chi connectivity index (χ3n) is 6.59. The molecular weight excluding hydrogens is 687 g/mol. The summed E-state index contributed by atoms with van der Waals surface area (Å²) in [5, 5.41) is 46.3. The number of carbonyl (C=O) groups is 4. The van der Waals surface area contributed by atoms with Crippen LogP contribution in [0.5, 0.6) is 5.75 Å². The molecule has 0 spiro atoms. The van der Waals surface area contributed by atoms with Gasteiger partial charge in [-0.2, -0.15) is 4.73 Å². The molecule has 21 heteroatoms. The second-order valence-electron chi connectivity index (χ2n) is 9.61. The molecule has 3 aromatic heterocycles. The Morgan fingerprint density at radius 3 is 2.70 bits per heavy atom. The number of carbonyl (C=O) groups excluding carboxylic acids is 2. The summed E-state index contributed by atoms with van der Waals surface area (Å²) in [6, 6.07) is -0.873. The van der Waals surface area contributed by atoms with E-state index in [1.165, 1.54) is 40.2 Å². The molecular formula is C25H23N7O10S4. The highest BCUT2D eigenvalue weighted by Gasteiger charge is 2.54. The Kier molecular flexibility index (Phi) is 9.55. The first-order valence-electron chi connectivity index (χ1n) is 12.9. The lowest BCUT2D eigenvalue weighted by Gasteiger charge is -2.49. The number of fused-ring (bicyclic) bond motifs is 1. The van der Waals surface area contributed by atoms with Gasteiger partial charge in [0.25, 0.3) is 11.8 Å². The summed E-state index contributed by atoms with van der Waals surface area (Å²) in [6.45, 7) is 1.20. The molecule has 2 atom stereocenters. The van der Waals surface area contributed by atoms with E-state index in [0.29, 0.717) is 24.5 Å². The number of rotatable bonds is 12. The number of amides is 2. The van der Waals surface area contributed by atoms with Gasteiger partial charge in [-0.15, -0.1) is 34.4 Å². The van der Waals surface area contributed by atoms with Crippen molar-refractivity contribution in [3.63, 3.8) is 0 Å². The Morgan fingerprint density at radius 1 is 1.26 bits per heavy atom. The number of pyridine rings is 1. The summed E-state index contributed by atoms with van der Waals surface area (Å²) in [7, 11) is 0. The van der Waals surface area contributed by atoms with Crippen molar-refractivity contribution in [1.29, 1.82) is 0 Å². The minimum atomic E-state index is -1.32. The fourth-order valence-electron chi connectivity index (χ4n) is 4.40. The first-order chi connectivity index (χ1) is 21.8. The zero-order chi connectivity index (χ0) is 33.3. The maximum Gasteiger partial charge on any atom is 0.353 e. The number of aromatic nitrogens is 3. The zero-order valence-corrected chi connectivity index (χ0v) is 26.7. The van der Waals surface area contributed by atoms with Gasteiger partial charge in [-0.3, -0.25) is 24.1 Å². The third-order valence-corrected chi connectivity index (χ3v) is 11.0. The Labute approximate surface area is 274 Å². The summed E-state index contributed by atoms with van der Waals surface area (Å²) < 4.78 is 1.02. The molecule has 0 radical (unpaired) electrons. The molecule has 5 rings (SSSR count). The van der Waals surface area contributed by atoms with Crippen LogP contribution in [-0.4, -0.2) is 93.2 Å². The standard InChI is InChI=1S/C25H23N7O10S4/c1-9-15(3-17(35)36)46-25(27-9)45-8-16-20(23(39)40)32-12(7-43-16)19(22(32)38)29-21(37)18(11-6-44-24(26)28-11)30-42-5-10-2-13(33)14(34)4-31(10)41/h2,4,6,12,19,34,41H,3,5,7-8H2,1H3,(H2,26,28)(H,29,37)(H,35,36)(H,39,40)/b30-18-/t12-,19+/m1/s1. The maximum absolute atomic E-state index is 13.3. The number of β-lactam (4-membered cyclic amide) rings is 1.